The topological polar surface area (TPSA) is 194 Å². The Morgan fingerprint density at radius 3 is 1.85 bits per heavy atom. The number of carbonyl (C=O) groups is 5. The lowest BCUT2D eigenvalue weighted by Gasteiger charge is -2.27. The SMILES string of the molecule is CSCCC(N)C(=O)NC(CCSC)C(=O)NC(C(=O)NC(CCC(N)=O)C(=O)O)C(C)C. The number of nitrogens with two attached hydrogens (primary N) is 2. The minimum absolute atomic E-state index is 0.171. The van der Waals surface area contributed by atoms with E-state index in [1.165, 1.54) is 11.8 Å². The summed E-state index contributed by atoms with van der Waals surface area (Å²) in [6.07, 6.45) is 4.17. The van der Waals surface area contributed by atoms with Gasteiger partial charge in [0.15, 0.2) is 0 Å². The third kappa shape index (κ3) is 12.7. The van der Waals surface area contributed by atoms with Gasteiger partial charge in [-0.1, -0.05) is 13.8 Å². The number of rotatable bonds is 17. The first-order valence-electron chi connectivity index (χ1n) is 10.6. The minimum atomic E-state index is -1.33. The summed E-state index contributed by atoms with van der Waals surface area (Å²) >= 11 is 3.06. The quantitative estimate of drug-likeness (QED) is 0.147. The third-order valence-electron chi connectivity index (χ3n) is 4.75. The number of carboxylic acids is 1. The molecule has 0 aromatic carbocycles. The van der Waals surface area contributed by atoms with E-state index in [0.29, 0.717) is 24.3 Å². The van der Waals surface area contributed by atoms with Crippen molar-refractivity contribution in [2.75, 3.05) is 24.0 Å². The second-order valence-electron chi connectivity index (χ2n) is 7.87. The van der Waals surface area contributed by atoms with Crippen LogP contribution >= 0.6 is 23.5 Å². The number of nitrogens with one attached hydrogen (secondary N) is 3. The Hall–Kier alpha value is -1.99. The van der Waals surface area contributed by atoms with Crippen LogP contribution in [0.2, 0.25) is 0 Å². The van der Waals surface area contributed by atoms with Gasteiger partial charge in [0, 0.05) is 6.42 Å². The van der Waals surface area contributed by atoms with E-state index in [9.17, 15) is 29.1 Å². The van der Waals surface area contributed by atoms with Crippen molar-refractivity contribution in [3.63, 3.8) is 0 Å². The van der Waals surface area contributed by atoms with Crippen molar-refractivity contribution in [3.8, 4) is 0 Å². The summed E-state index contributed by atoms with van der Waals surface area (Å²) in [5.41, 5.74) is 11.0. The van der Waals surface area contributed by atoms with Gasteiger partial charge in [-0.15, -0.1) is 0 Å². The predicted octanol–water partition coefficient (Wildman–Crippen LogP) is -0.720. The Balaban J connectivity index is 5.33. The molecular weight excluding hydrogens is 470 g/mol. The molecule has 4 amide bonds. The number of aliphatic carboxylic acids is 1. The minimum Gasteiger partial charge on any atom is -0.480 e. The van der Waals surface area contributed by atoms with Crippen molar-refractivity contribution in [1.82, 2.24) is 16.0 Å². The van der Waals surface area contributed by atoms with Crippen LogP contribution in [0.3, 0.4) is 0 Å². The Morgan fingerprint density at radius 1 is 0.818 bits per heavy atom. The summed E-state index contributed by atoms with van der Waals surface area (Å²) in [7, 11) is 0. The molecule has 0 aliphatic rings. The van der Waals surface area contributed by atoms with Crippen molar-refractivity contribution in [2.24, 2.45) is 17.4 Å². The third-order valence-corrected chi connectivity index (χ3v) is 6.04. The molecule has 0 bridgehead atoms. The zero-order valence-corrected chi connectivity index (χ0v) is 21.2. The highest BCUT2D eigenvalue weighted by molar-refractivity contribution is 7.98. The van der Waals surface area contributed by atoms with Gasteiger partial charge in [-0.05, 0) is 49.2 Å². The van der Waals surface area contributed by atoms with Crippen LogP contribution in [0.1, 0.15) is 39.5 Å². The van der Waals surface area contributed by atoms with E-state index in [-0.39, 0.29) is 18.8 Å². The first-order valence-corrected chi connectivity index (χ1v) is 13.4. The first-order chi connectivity index (χ1) is 15.4. The molecule has 0 aromatic heterocycles. The van der Waals surface area contributed by atoms with Crippen molar-refractivity contribution in [2.45, 2.75) is 63.7 Å². The van der Waals surface area contributed by atoms with E-state index < -0.39 is 53.8 Å². The fourth-order valence-electron chi connectivity index (χ4n) is 2.75. The van der Waals surface area contributed by atoms with Gasteiger partial charge in [0.25, 0.3) is 0 Å². The molecule has 4 atom stereocenters. The highest BCUT2D eigenvalue weighted by Gasteiger charge is 2.31. The molecule has 0 aliphatic carbocycles. The van der Waals surface area contributed by atoms with Crippen molar-refractivity contribution < 1.29 is 29.1 Å². The Bertz CT molecular complexity index is 679. The predicted molar refractivity (Wildman–Crippen MR) is 131 cm³/mol. The number of hydrogen-bond donors (Lipinski definition) is 6. The number of amides is 4. The average molecular weight is 508 g/mol. The van der Waals surface area contributed by atoms with Gasteiger partial charge in [-0.25, -0.2) is 4.79 Å². The number of hydrogen-bond acceptors (Lipinski definition) is 8. The summed E-state index contributed by atoms with van der Waals surface area (Å²) < 4.78 is 0. The van der Waals surface area contributed by atoms with Gasteiger partial charge in [0.1, 0.15) is 18.1 Å². The van der Waals surface area contributed by atoms with Gasteiger partial charge < -0.3 is 32.5 Å². The largest absolute Gasteiger partial charge is 0.480 e. The number of primary amides is 1. The number of thioether (sulfide) groups is 2. The molecule has 0 radical (unpaired) electrons. The summed E-state index contributed by atoms with van der Waals surface area (Å²) in [5, 5.41) is 16.9. The standard InChI is InChI=1S/C20H37N5O6S2/c1-11(2)16(19(29)24-14(20(30)31)5-6-15(22)26)25-18(28)13(8-10-33-4)23-17(27)12(21)7-9-32-3/h11-14,16H,5-10,21H2,1-4H3,(H2,22,26)(H,23,27)(H,24,29)(H,25,28)(H,30,31). The van der Waals surface area contributed by atoms with Crippen LogP contribution in [-0.4, -0.2) is 82.9 Å². The molecule has 13 heteroatoms. The zero-order valence-electron chi connectivity index (χ0n) is 19.6. The van der Waals surface area contributed by atoms with Gasteiger partial charge >= 0.3 is 5.97 Å². The van der Waals surface area contributed by atoms with Gasteiger partial charge in [0.2, 0.25) is 23.6 Å². The van der Waals surface area contributed by atoms with E-state index in [1.807, 2.05) is 12.5 Å². The molecule has 0 saturated carbocycles. The van der Waals surface area contributed by atoms with E-state index in [4.69, 9.17) is 11.5 Å². The van der Waals surface area contributed by atoms with Crippen LogP contribution in [0.25, 0.3) is 0 Å². The Labute approximate surface area is 203 Å². The molecule has 33 heavy (non-hydrogen) atoms. The Kier molecular flexibility index (Phi) is 15.6. The van der Waals surface area contributed by atoms with E-state index in [1.54, 1.807) is 25.6 Å². The van der Waals surface area contributed by atoms with E-state index in [2.05, 4.69) is 16.0 Å². The first kappa shape index (κ1) is 31.0. The highest BCUT2D eigenvalue weighted by atomic mass is 32.2. The van der Waals surface area contributed by atoms with Crippen LogP contribution in [0, 0.1) is 5.92 Å². The lowest BCUT2D eigenvalue weighted by atomic mass is 10.0. The van der Waals surface area contributed by atoms with Crippen molar-refractivity contribution >= 4 is 53.1 Å². The molecule has 11 nitrogen and oxygen atoms in total. The van der Waals surface area contributed by atoms with Crippen LogP contribution in [-0.2, 0) is 24.0 Å². The molecule has 8 N–H and O–H groups in total. The lowest BCUT2D eigenvalue weighted by molar-refractivity contribution is -0.143. The zero-order chi connectivity index (χ0) is 25.6. The summed E-state index contributed by atoms with van der Waals surface area (Å²) in [4.78, 5) is 60.5. The molecule has 0 saturated heterocycles. The fraction of sp³-hybridized carbons (Fsp3) is 0.750. The van der Waals surface area contributed by atoms with Gasteiger partial charge in [-0.2, -0.15) is 23.5 Å². The highest BCUT2D eigenvalue weighted by Crippen LogP contribution is 2.08. The van der Waals surface area contributed by atoms with Gasteiger partial charge in [0.05, 0.1) is 6.04 Å². The van der Waals surface area contributed by atoms with Crippen LogP contribution in [0.15, 0.2) is 0 Å². The number of carboxylic acid groups (broad SMARTS) is 1. The lowest BCUT2D eigenvalue weighted by Crippen LogP contribution is -2.58. The molecule has 0 aromatic rings. The van der Waals surface area contributed by atoms with Crippen molar-refractivity contribution in [1.29, 1.82) is 0 Å². The summed E-state index contributed by atoms with van der Waals surface area (Å²) in [6.45, 7) is 3.38. The molecule has 0 heterocycles. The molecule has 0 rings (SSSR count). The average Bonchev–Trinajstić information content (AvgIpc) is 2.74. The van der Waals surface area contributed by atoms with Crippen LogP contribution in [0.4, 0.5) is 0 Å². The molecule has 0 spiro atoms. The number of carbonyl (C=O) groups excluding carboxylic acids is 4. The molecular formula is C20H37N5O6S2. The summed E-state index contributed by atoms with van der Waals surface area (Å²) in [6, 6.07) is -4.03. The van der Waals surface area contributed by atoms with Crippen LogP contribution in [0.5, 0.6) is 0 Å². The maximum Gasteiger partial charge on any atom is 0.326 e. The van der Waals surface area contributed by atoms with E-state index >= 15 is 0 Å². The second-order valence-corrected chi connectivity index (χ2v) is 9.84. The smallest absolute Gasteiger partial charge is 0.326 e. The molecule has 190 valence electrons. The monoisotopic (exact) mass is 507 g/mol. The van der Waals surface area contributed by atoms with Gasteiger partial charge in [-0.3, -0.25) is 19.2 Å². The Morgan fingerprint density at radius 2 is 1.36 bits per heavy atom. The maximum atomic E-state index is 12.9. The van der Waals surface area contributed by atoms with Crippen molar-refractivity contribution in [3.05, 3.63) is 0 Å². The normalized spacial score (nSPS) is 14.6. The fourth-order valence-corrected chi connectivity index (χ4v) is 3.71. The second kappa shape index (κ2) is 16.6. The van der Waals surface area contributed by atoms with Crippen LogP contribution < -0.4 is 27.4 Å². The summed E-state index contributed by atoms with van der Waals surface area (Å²) in [5.74, 6) is -2.81. The van der Waals surface area contributed by atoms with E-state index in [0.717, 1.165) is 0 Å². The molecule has 0 fully saturated rings. The molecule has 4 unspecified atom stereocenters. The molecule has 0 aliphatic heterocycles. The maximum absolute atomic E-state index is 12.9.